The Morgan fingerprint density at radius 1 is 1.10 bits per heavy atom. The number of pyridine rings is 1. The second kappa shape index (κ2) is 16.4. The molecule has 1 saturated heterocycles. The lowest BCUT2D eigenvalue weighted by Gasteiger charge is -2.35. The van der Waals surface area contributed by atoms with E-state index in [0.717, 1.165) is 13.8 Å². The normalized spacial score (nSPS) is 29.1. The fourth-order valence-corrected chi connectivity index (χ4v) is 9.78. The van der Waals surface area contributed by atoms with Gasteiger partial charge in [0.05, 0.1) is 42.7 Å². The van der Waals surface area contributed by atoms with Gasteiger partial charge in [-0.05, 0) is 93.7 Å². The molecule has 2 aromatic rings. The maximum Gasteiger partial charge on any atom is 0.307 e. The molecule has 3 fully saturated rings. The zero-order valence-corrected chi connectivity index (χ0v) is 34.7. The van der Waals surface area contributed by atoms with Crippen LogP contribution in [0.2, 0.25) is 0 Å². The first-order chi connectivity index (χ1) is 27.2. The first kappa shape index (κ1) is 43.4. The van der Waals surface area contributed by atoms with E-state index < -0.39 is 97.9 Å². The molecule has 318 valence electrons. The minimum atomic E-state index is -3.94. The van der Waals surface area contributed by atoms with Gasteiger partial charge in [0.1, 0.15) is 6.10 Å². The molecule has 0 bridgehead atoms. The Balaban J connectivity index is 1.37. The third-order valence-electron chi connectivity index (χ3n) is 12.6. The summed E-state index contributed by atoms with van der Waals surface area (Å²) in [6.07, 6.45) is 6.86. The van der Waals surface area contributed by atoms with E-state index in [4.69, 9.17) is 14.2 Å². The number of alkyl halides is 2. The van der Waals surface area contributed by atoms with E-state index in [1.165, 1.54) is 30.3 Å². The number of Topliss-reactive ketones (excluding diaryl/α,β-unsaturated/α-hetero) is 1. The lowest BCUT2D eigenvalue weighted by atomic mass is 9.79. The zero-order valence-electron chi connectivity index (χ0n) is 33.9. The highest BCUT2D eigenvalue weighted by Gasteiger charge is 2.62. The van der Waals surface area contributed by atoms with Crippen molar-refractivity contribution in [1.82, 2.24) is 14.6 Å². The van der Waals surface area contributed by atoms with Crippen molar-refractivity contribution >= 4 is 44.4 Å². The summed E-state index contributed by atoms with van der Waals surface area (Å²) >= 11 is 0. The average molecular weight is 834 g/mol. The molecule has 0 spiro atoms. The van der Waals surface area contributed by atoms with Gasteiger partial charge in [0, 0.05) is 31.3 Å². The van der Waals surface area contributed by atoms with Gasteiger partial charge in [0.25, 0.3) is 5.92 Å². The number of benzene rings is 1. The number of sulfonamides is 1. The van der Waals surface area contributed by atoms with Crippen molar-refractivity contribution in [3.8, 4) is 11.6 Å². The van der Waals surface area contributed by atoms with Crippen molar-refractivity contribution in [2.24, 2.45) is 29.1 Å². The van der Waals surface area contributed by atoms with Crippen molar-refractivity contribution in [3.05, 3.63) is 42.4 Å². The fraction of sp³-hybridized carbons (Fsp3) is 0.643. The van der Waals surface area contributed by atoms with Gasteiger partial charge in [-0.15, -0.1) is 0 Å². The fourth-order valence-electron chi connectivity index (χ4n) is 8.39. The van der Waals surface area contributed by atoms with Gasteiger partial charge < -0.3 is 19.1 Å². The van der Waals surface area contributed by atoms with Crippen molar-refractivity contribution in [2.45, 2.75) is 128 Å². The molecule has 2 aliphatic carbocycles. The van der Waals surface area contributed by atoms with Crippen LogP contribution in [0, 0.1) is 34.9 Å². The molecular weight excluding hydrogens is 780 g/mol. The Hall–Kier alpha value is -4.21. The number of carbonyl (C=O) groups is 4. The zero-order chi connectivity index (χ0) is 42.4. The monoisotopic (exact) mass is 833 g/mol. The Bertz CT molecular complexity index is 2070. The highest BCUT2D eigenvalue weighted by atomic mass is 32.2. The van der Waals surface area contributed by atoms with Crippen LogP contribution in [0.3, 0.4) is 0 Å². The second-order valence-corrected chi connectivity index (χ2v) is 19.3. The summed E-state index contributed by atoms with van der Waals surface area (Å²) in [5, 5.41) is 0.214. The van der Waals surface area contributed by atoms with Crippen LogP contribution in [0.5, 0.6) is 11.6 Å². The van der Waals surface area contributed by atoms with Gasteiger partial charge >= 0.3 is 5.97 Å². The third-order valence-corrected chi connectivity index (χ3v) is 14.4. The molecule has 6 rings (SSSR count). The molecule has 0 unspecified atom stereocenters. The minimum Gasteiger partial charge on any atom is -0.494 e. The summed E-state index contributed by atoms with van der Waals surface area (Å²) in [6, 6.07) is 3.18. The number of nitrogens with one attached hydrogen (secondary N) is 1. The summed E-state index contributed by atoms with van der Waals surface area (Å²) in [6.45, 7) is 6.60. The smallest absolute Gasteiger partial charge is 0.307 e. The predicted octanol–water partition coefficient (Wildman–Crippen LogP) is 6.69. The molecular formula is C42H54F3N3O9S. The van der Waals surface area contributed by atoms with Crippen LogP contribution >= 0.6 is 0 Å². The van der Waals surface area contributed by atoms with Crippen molar-refractivity contribution in [3.63, 3.8) is 0 Å². The molecule has 4 aliphatic rings. The van der Waals surface area contributed by atoms with Crippen LogP contribution in [-0.4, -0.2) is 84.4 Å². The molecule has 2 aliphatic heterocycles. The maximum absolute atomic E-state index is 15.0. The number of allylic oxidation sites excluding steroid dienone is 2. The maximum atomic E-state index is 15.0. The van der Waals surface area contributed by atoms with Crippen LogP contribution in [0.25, 0.3) is 10.8 Å². The van der Waals surface area contributed by atoms with E-state index in [1.54, 1.807) is 6.07 Å². The number of hydrogen-bond acceptors (Lipinski definition) is 10. The Kier molecular flexibility index (Phi) is 12.3. The minimum absolute atomic E-state index is 0.0131. The van der Waals surface area contributed by atoms with Gasteiger partial charge in [0.15, 0.2) is 23.0 Å². The number of carbonyl (C=O) groups excluding carboxylic acids is 4. The molecule has 3 heterocycles. The lowest BCUT2D eigenvalue weighted by Crippen LogP contribution is -2.48. The van der Waals surface area contributed by atoms with E-state index in [1.807, 2.05) is 26.0 Å². The van der Waals surface area contributed by atoms with Crippen LogP contribution < -0.4 is 14.2 Å². The second-order valence-electron chi connectivity index (χ2n) is 17.3. The lowest BCUT2D eigenvalue weighted by molar-refractivity contribution is -0.197. The number of methoxy groups -OCH3 is 1. The first-order valence-electron chi connectivity index (χ1n) is 20.1. The quantitative estimate of drug-likeness (QED) is 0.191. The van der Waals surface area contributed by atoms with Crippen LogP contribution in [-0.2, 0) is 33.9 Å². The number of aromatic nitrogens is 1. The van der Waals surface area contributed by atoms with Gasteiger partial charge in [-0.25, -0.2) is 26.6 Å². The molecule has 58 heavy (non-hydrogen) atoms. The summed E-state index contributed by atoms with van der Waals surface area (Å²) in [7, 11) is -2.59. The molecule has 0 radical (unpaired) electrons. The number of fused-ring (bicyclic) bond motifs is 3. The SMILES string of the molecule is CC[C@@H]1C[C@@H](C)CC/C=C\[C@@H]2C[C@@]2(C(=O)NS(=O)(=O)C2CC2)CC(=O)[C@@H]2C[C@@H](Oc3nccc4cc(OC)c(F)cc34)CN2C(=O)[C@H]1CC(=O)OC(C)(C)C(C)(F)F. The Morgan fingerprint density at radius 3 is 2.48 bits per heavy atom. The molecule has 7 atom stereocenters. The molecule has 2 saturated carbocycles. The highest BCUT2D eigenvalue weighted by Crippen LogP contribution is 2.57. The number of halogens is 3. The summed E-state index contributed by atoms with van der Waals surface area (Å²) in [5.41, 5.74) is -3.54. The number of ketones is 1. The van der Waals surface area contributed by atoms with Gasteiger partial charge in [0.2, 0.25) is 27.7 Å². The summed E-state index contributed by atoms with van der Waals surface area (Å²) in [5.74, 6) is -8.63. The van der Waals surface area contributed by atoms with Crippen molar-refractivity contribution in [2.75, 3.05) is 13.7 Å². The van der Waals surface area contributed by atoms with E-state index in [2.05, 4.69) is 9.71 Å². The van der Waals surface area contributed by atoms with Crippen molar-refractivity contribution in [1.29, 1.82) is 0 Å². The Morgan fingerprint density at radius 2 is 1.83 bits per heavy atom. The van der Waals surface area contributed by atoms with E-state index in [9.17, 15) is 40.8 Å². The number of hydrogen-bond donors (Lipinski definition) is 1. The van der Waals surface area contributed by atoms with Crippen LogP contribution in [0.15, 0.2) is 36.5 Å². The highest BCUT2D eigenvalue weighted by molar-refractivity contribution is 7.90. The van der Waals surface area contributed by atoms with E-state index in [-0.39, 0.29) is 43.4 Å². The van der Waals surface area contributed by atoms with Gasteiger partial charge in [-0.1, -0.05) is 32.4 Å². The standard InChI is InChI=1S/C42H54F3N3O9S/c1-7-25-16-24(2)10-8-9-11-27-21-42(27,39(52)47-58(53,54)29-12-13-29)22-34(49)33-18-28(56-37-30-19-32(43)35(55-6)17-26(30)14-15-46-37)23-48(33)38(51)31(25)20-36(50)57-40(3,4)41(5,44)45/h9,11,14-15,17,19,24-25,27-29,31,33H,7-8,10,12-13,16,18,20-23H2,1-6H3,(H,47,52)/b11-9-/t24-,25+,27+,28+,31-,33-,42+/m0/s1. The van der Waals surface area contributed by atoms with E-state index >= 15 is 0 Å². The molecule has 1 aromatic heterocycles. The Labute approximate surface area is 337 Å². The molecule has 16 heteroatoms. The summed E-state index contributed by atoms with van der Waals surface area (Å²) in [4.78, 5) is 62.7. The predicted molar refractivity (Wildman–Crippen MR) is 208 cm³/mol. The summed E-state index contributed by atoms with van der Waals surface area (Å²) < 4.78 is 88.7. The van der Waals surface area contributed by atoms with Crippen molar-refractivity contribution < 1.29 is 55.0 Å². The van der Waals surface area contributed by atoms with Gasteiger partial charge in [-0.3, -0.25) is 23.9 Å². The molecule has 1 N–H and O–H groups in total. The van der Waals surface area contributed by atoms with Crippen LogP contribution in [0.1, 0.15) is 98.8 Å². The number of amides is 2. The molecule has 1 aromatic carbocycles. The molecule has 2 amide bonds. The first-order valence-corrected chi connectivity index (χ1v) is 21.7. The van der Waals surface area contributed by atoms with Gasteiger partial charge in [-0.2, -0.15) is 0 Å². The molecule has 12 nitrogen and oxygen atoms in total. The van der Waals surface area contributed by atoms with E-state index in [0.29, 0.717) is 56.2 Å². The topological polar surface area (TPSA) is 158 Å². The average Bonchev–Trinajstić information content (AvgIpc) is 4.07. The largest absolute Gasteiger partial charge is 0.494 e. The third kappa shape index (κ3) is 9.16. The number of nitrogens with zero attached hydrogens (tertiary/aromatic N) is 2. The number of ether oxygens (including phenoxy) is 3. The number of esters is 1. The van der Waals surface area contributed by atoms with Crippen LogP contribution in [0.4, 0.5) is 13.2 Å². The number of rotatable bonds is 11.